The molecule has 0 bridgehead atoms. The van der Waals surface area contributed by atoms with Crippen LogP contribution in [0, 0.1) is 0 Å². The Bertz CT molecular complexity index is 741. The lowest BCUT2D eigenvalue weighted by atomic mass is 10.1. The molecule has 1 spiro atoms. The van der Waals surface area contributed by atoms with E-state index >= 15 is 0 Å². The highest BCUT2D eigenvalue weighted by Crippen LogP contribution is 2.48. The molecule has 0 radical (unpaired) electrons. The van der Waals surface area contributed by atoms with E-state index in [9.17, 15) is 4.79 Å². The fraction of sp³-hybridized carbons (Fsp3) is 0.278. The molecule has 1 amide bonds. The number of amides is 1. The Kier molecular flexibility index (Phi) is 3.60. The Balaban J connectivity index is 1.69. The summed E-state index contributed by atoms with van der Waals surface area (Å²) in [7, 11) is 0. The van der Waals surface area contributed by atoms with Crippen LogP contribution in [0.25, 0.3) is 0 Å². The standard InChI is InChI=1S/C18H16ClNO3/c19-15-8-4-7-14-16(15)20(10-9-13-5-2-1-3-6-13)17(21)18(14)22-11-12-23-18/h1-8H,9-12H2. The van der Waals surface area contributed by atoms with Gasteiger partial charge in [-0.25, -0.2) is 0 Å². The van der Waals surface area contributed by atoms with Crippen molar-refractivity contribution >= 4 is 23.2 Å². The van der Waals surface area contributed by atoms with Crippen LogP contribution in [0.4, 0.5) is 5.69 Å². The molecule has 4 rings (SSSR count). The molecule has 2 aromatic rings. The average Bonchev–Trinajstić information content (AvgIpc) is 3.15. The number of hydrogen-bond donors (Lipinski definition) is 0. The summed E-state index contributed by atoms with van der Waals surface area (Å²) in [6.45, 7) is 1.35. The van der Waals surface area contributed by atoms with Crippen LogP contribution < -0.4 is 4.90 Å². The van der Waals surface area contributed by atoms with Crippen molar-refractivity contribution in [3.8, 4) is 0 Å². The minimum Gasteiger partial charge on any atom is -0.336 e. The van der Waals surface area contributed by atoms with Crippen molar-refractivity contribution in [2.75, 3.05) is 24.7 Å². The molecule has 2 aromatic carbocycles. The fourth-order valence-electron chi connectivity index (χ4n) is 3.24. The van der Waals surface area contributed by atoms with Gasteiger partial charge in [-0.3, -0.25) is 4.79 Å². The van der Waals surface area contributed by atoms with Gasteiger partial charge in [-0.15, -0.1) is 0 Å². The third-order valence-corrected chi connectivity index (χ3v) is 4.60. The van der Waals surface area contributed by atoms with Crippen molar-refractivity contribution in [3.63, 3.8) is 0 Å². The average molecular weight is 330 g/mol. The summed E-state index contributed by atoms with van der Waals surface area (Å²) in [5, 5.41) is 0.542. The quantitative estimate of drug-likeness (QED) is 0.868. The maximum absolute atomic E-state index is 13.0. The summed E-state index contributed by atoms with van der Waals surface area (Å²) >= 11 is 6.37. The van der Waals surface area contributed by atoms with Crippen LogP contribution in [-0.4, -0.2) is 25.7 Å². The van der Waals surface area contributed by atoms with Gasteiger partial charge in [-0.05, 0) is 18.1 Å². The molecule has 0 aliphatic carbocycles. The smallest absolute Gasteiger partial charge is 0.292 e. The summed E-state index contributed by atoms with van der Waals surface area (Å²) in [4.78, 5) is 14.7. The third kappa shape index (κ3) is 2.26. The molecular formula is C18H16ClNO3. The van der Waals surface area contributed by atoms with Gasteiger partial charge in [0.2, 0.25) is 0 Å². The van der Waals surface area contributed by atoms with E-state index in [0.29, 0.717) is 36.0 Å². The van der Waals surface area contributed by atoms with E-state index in [1.165, 1.54) is 5.56 Å². The first-order valence-electron chi connectivity index (χ1n) is 7.65. The zero-order valence-corrected chi connectivity index (χ0v) is 13.3. The molecule has 23 heavy (non-hydrogen) atoms. The van der Waals surface area contributed by atoms with E-state index in [2.05, 4.69) is 0 Å². The molecular weight excluding hydrogens is 314 g/mol. The largest absolute Gasteiger partial charge is 0.336 e. The molecule has 1 saturated heterocycles. The number of ether oxygens (including phenoxy) is 2. The molecule has 2 aliphatic heterocycles. The number of carbonyl (C=O) groups excluding carboxylic acids is 1. The molecule has 0 unspecified atom stereocenters. The molecule has 4 nitrogen and oxygen atoms in total. The second-order valence-electron chi connectivity index (χ2n) is 5.64. The zero-order valence-electron chi connectivity index (χ0n) is 12.5. The van der Waals surface area contributed by atoms with E-state index < -0.39 is 5.79 Å². The Morgan fingerprint density at radius 3 is 2.52 bits per heavy atom. The van der Waals surface area contributed by atoms with E-state index in [-0.39, 0.29) is 5.91 Å². The highest BCUT2D eigenvalue weighted by Gasteiger charge is 2.56. The summed E-state index contributed by atoms with van der Waals surface area (Å²) in [6, 6.07) is 15.5. The fourth-order valence-corrected chi connectivity index (χ4v) is 3.52. The van der Waals surface area contributed by atoms with Gasteiger partial charge >= 0.3 is 0 Å². The highest BCUT2D eigenvalue weighted by molar-refractivity contribution is 6.35. The summed E-state index contributed by atoms with van der Waals surface area (Å²) in [6.07, 6.45) is 0.743. The number of halogens is 1. The van der Waals surface area contributed by atoms with Crippen molar-refractivity contribution in [2.24, 2.45) is 0 Å². The van der Waals surface area contributed by atoms with Crippen molar-refractivity contribution in [2.45, 2.75) is 12.2 Å². The van der Waals surface area contributed by atoms with Gasteiger partial charge in [0, 0.05) is 12.1 Å². The molecule has 0 N–H and O–H groups in total. The second-order valence-corrected chi connectivity index (χ2v) is 6.05. The van der Waals surface area contributed by atoms with E-state index in [4.69, 9.17) is 21.1 Å². The number of para-hydroxylation sites is 1. The van der Waals surface area contributed by atoms with Gasteiger partial charge in [0.1, 0.15) is 0 Å². The number of fused-ring (bicyclic) bond motifs is 2. The Hall–Kier alpha value is -1.88. The number of carbonyl (C=O) groups is 1. The van der Waals surface area contributed by atoms with Gasteiger partial charge in [0.25, 0.3) is 11.7 Å². The predicted molar refractivity (Wildman–Crippen MR) is 87.5 cm³/mol. The van der Waals surface area contributed by atoms with Gasteiger partial charge in [0.05, 0.1) is 23.9 Å². The van der Waals surface area contributed by atoms with Crippen LogP contribution in [0.1, 0.15) is 11.1 Å². The Morgan fingerprint density at radius 1 is 1.04 bits per heavy atom. The lowest BCUT2D eigenvalue weighted by molar-refractivity contribution is -0.180. The SMILES string of the molecule is O=C1N(CCc2ccccc2)c2c(Cl)cccc2C12OCCO2. The van der Waals surface area contributed by atoms with Crippen LogP contribution in [0.5, 0.6) is 0 Å². The van der Waals surface area contributed by atoms with Gasteiger partial charge < -0.3 is 14.4 Å². The first-order valence-corrected chi connectivity index (χ1v) is 8.03. The van der Waals surface area contributed by atoms with E-state index in [1.54, 1.807) is 11.0 Å². The van der Waals surface area contributed by atoms with Crippen LogP contribution >= 0.6 is 11.6 Å². The predicted octanol–water partition coefficient (Wildman–Crippen LogP) is 3.13. The molecule has 0 saturated carbocycles. The number of rotatable bonds is 3. The molecule has 118 valence electrons. The summed E-state index contributed by atoms with van der Waals surface area (Å²) < 4.78 is 11.4. The van der Waals surface area contributed by atoms with Crippen LogP contribution in [0.2, 0.25) is 5.02 Å². The zero-order chi connectivity index (χ0) is 15.9. The Morgan fingerprint density at radius 2 is 1.78 bits per heavy atom. The van der Waals surface area contributed by atoms with E-state index in [0.717, 1.165) is 6.42 Å². The molecule has 2 aliphatic rings. The number of hydrogen-bond acceptors (Lipinski definition) is 3. The minimum absolute atomic E-state index is 0.186. The topological polar surface area (TPSA) is 38.8 Å². The summed E-state index contributed by atoms with van der Waals surface area (Å²) in [5.74, 6) is -1.49. The highest BCUT2D eigenvalue weighted by atomic mass is 35.5. The summed E-state index contributed by atoms with van der Waals surface area (Å²) in [5.41, 5.74) is 2.58. The molecule has 5 heteroatoms. The normalized spacial score (nSPS) is 18.7. The molecule has 1 fully saturated rings. The van der Waals surface area contributed by atoms with Crippen molar-refractivity contribution in [1.29, 1.82) is 0 Å². The minimum atomic E-state index is -1.31. The first-order chi connectivity index (χ1) is 11.2. The molecule has 0 atom stereocenters. The second kappa shape index (κ2) is 5.64. The third-order valence-electron chi connectivity index (χ3n) is 4.30. The van der Waals surface area contributed by atoms with Crippen molar-refractivity contribution in [3.05, 3.63) is 64.7 Å². The molecule has 2 heterocycles. The van der Waals surface area contributed by atoms with Crippen LogP contribution in [0.15, 0.2) is 48.5 Å². The van der Waals surface area contributed by atoms with E-state index in [1.807, 2.05) is 42.5 Å². The number of nitrogens with zero attached hydrogens (tertiary/aromatic N) is 1. The Labute approximate surface area is 139 Å². The maximum Gasteiger partial charge on any atom is 0.292 e. The monoisotopic (exact) mass is 329 g/mol. The van der Waals surface area contributed by atoms with Crippen molar-refractivity contribution < 1.29 is 14.3 Å². The van der Waals surface area contributed by atoms with Gasteiger partial charge in [0.15, 0.2) is 0 Å². The van der Waals surface area contributed by atoms with Gasteiger partial charge in [-0.1, -0.05) is 54.1 Å². The molecule has 0 aromatic heterocycles. The first kappa shape index (κ1) is 14.7. The number of benzene rings is 2. The lowest BCUT2D eigenvalue weighted by Crippen LogP contribution is -2.42. The lowest BCUT2D eigenvalue weighted by Gasteiger charge is -2.22. The van der Waals surface area contributed by atoms with Crippen LogP contribution in [0.3, 0.4) is 0 Å². The van der Waals surface area contributed by atoms with Gasteiger partial charge in [-0.2, -0.15) is 0 Å². The van der Waals surface area contributed by atoms with Crippen molar-refractivity contribution in [1.82, 2.24) is 0 Å². The maximum atomic E-state index is 13.0. The van der Waals surface area contributed by atoms with Crippen LogP contribution in [-0.2, 0) is 26.5 Å². The number of anilines is 1.